The summed E-state index contributed by atoms with van der Waals surface area (Å²) in [5, 5.41) is 6.39. The Morgan fingerprint density at radius 1 is 0.929 bits per heavy atom. The zero-order chi connectivity index (χ0) is 30.3. The van der Waals surface area contributed by atoms with Gasteiger partial charge < -0.3 is 10.2 Å². The number of amides is 2. The Kier molecular flexibility index (Phi) is 9.28. The minimum atomic E-state index is -3.69. The molecule has 3 aromatic rings. The molecule has 1 N–H and O–H groups in total. The van der Waals surface area contributed by atoms with E-state index in [4.69, 9.17) is 23.2 Å². The second-order valence-electron chi connectivity index (χ2n) is 11.3. The van der Waals surface area contributed by atoms with Crippen LogP contribution in [-0.4, -0.2) is 67.8 Å². The number of fused-ring (bicyclic) bond motifs is 1. The first-order chi connectivity index (χ1) is 19.9. The molecule has 7 nitrogen and oxygen atoms in total. The topological polar surface area (TPSA) is 73.0 Å². The standard InChI is InChI=1S/C31H38Cl2N4O3S2/c1-19-20(2)22(4)30(23(5)21(19)3)42(39,40)37-13-11-35(12-14-37)31(38)34-17-28(26-7-6-25(32)16-27(26)33)36-10-8-29-24(18-36)9-15-41-29/h6-7,9,15-16,28H,8,10-14,17-18H2,1-5H3,(H,34,38). The van der Waals surface area contributed by atoms with Crippen molar-refractivity contribution in [2.24, 2.45) is 0 Å². The van der Waals surface area contributed by atoms with Crippen LogP contribution < -0.4 is 5.32 Å². The first-order valence-corrected chi connectivity index (χ1v) is 17.3. The fraction of sp³-hybridized carbons (Fsp3) is 0.452. The smallest absolute Gasteiger partial charge is 0.317 e. The molecule has 1 fully saturated rings. The van der Waals surface area contributed by atoms with Crippen LogP contribution in [0.2, 0.25) is 10.0 Å². The van der Waals surface area contributed by atoms with Crippen molar-refractivity contribution < 1.29 is 13.2 Å². The predicted octanol–water partition coefficient (Wildman–Crippen LogP) is 6.41. The Morgan fingerprint density at radius 3 is 2.21 bits per heavy atom. The highest BCUT2D eigenvalue weighted by atomic mass is 35.5. The number of piperazine rings is 1. The SMILES string of the molecule is Cc1c(C)c(C)c(S(=O)(=O)N2CCN(C(=O)NCC(c3ccc(Cl)cc3Cl)N3CCc4sccc4C3)CC2)c(C)c1C. The Bertz CT molecular complexity index is 1590. The average molecular weight is 650 g/mol. The van der Waals surface area contributed by atoms with Gasteiger partial charge in [0.25, 0.3) is 0 Å². The lowest BCUT2D eigenvalue weighted by molar-refractivity contribution is 0.155. The van der Waals surface area contributed by atoms with Crippen LogP contribution in [0, 0.1) is 34.6 Å². The maximum atomic E-state index is 13.8. The van der Waals surface area contributed by atoms with Gasteiger partial charge in [0.15, 0.2) is 0 Å². The first kappa shape index (κ1) is 31.3. The van der Waals surface area contributed by atoms with E-state index in [2.05, 4.69) is 21.7 Å². The van der Waals surface area contributed by atoms with Gasteiger partial charge in [-0.1, -0.05) is 29.3 Å². The molecule has 1 unspecified atom stereocenters. The highest BCUT2D eigenvalue weighted by Crippen LogP contribution is 2.35. The van der Waals surface area contributed by atoms with Crippen LogP contribution in [0.15, 0.2) is 34.5 Å². The van der Waals surface area contributed by atoms with E-state index in [1.165, 1.54) is 14.7 Å². The molecule has 2 aliphatic heterocycles. The van der Waals surface area contributed by atoms with Gasteiger partial charge in [0.1, 0.15) is 0 Å². The minimum absolute atomic E-state index is 0.132. The van der Waals surface area contributed by atoms with Crippen LogP contribution in [0.3, 0.4) is 0 Å². The maximum Gasteiger partial charge on any atom is 0.317 e. The molecule has 2 aliphatic rings. The molecular weight excluding hydrogens is 611 g/mol. The van der Waals surface area contributed by atoms with Crippen LogP contribution >= 0.6 is 34.5 Å². The number of nitrogens with zero attached hydrogens (tertiary/aromatic N) is 3. The number of urea groups is 1. The van der Waals surface area contributed by atoms with Crippen molar-refractivity contribution in [3.63, 3.8) is 0 Å². The lowest BCUT2D eigenvalue weighted by atomic mass is 9.95. The number of sulfonamides is 1. The molecule has 0 aliphatic carbocycles. The molecule has 0 bridgehead atoms. The van der Waals surface area contributed by atoms with Gasteiger partial charge in [0.2, 0.25) is 10.0 Å². The minimum Gasteiger partial charge on any atom is -0.336 e. The molecular formula is C31H38Cl2N4O3S2. The van der Waals surface area contributed by atoms with Gasteiger partial charge in [-0.15, -0.1) is 11.3 Å². The van der Waals surface area contributed by atoms with Crippen molar-refractivity contribution >= 4 is 50.6 Å². The van der Waals surface area contributed by atoms with Crippen molar-refractivity contribution in [2.75, 3.05) is 39.3 Å². The molecule has 0 radical (unpaired) electrons. The predicted molar refractivity (Wildman–Crippen MR) is 171 cm³/mol. The summed E-state index contributed by atoms with van der Waals surface area (Å²) in [5.74, 6) is 0. The molecule has 42 heavy (non-hydrogen) atoms. The zero-order valence-corrected chi connectivity index (χ0v) is 27.9. The summed E-state index contributed by atoms with van der Waals surface area (Å²) in [6.07, 6.45) is 0.956. The van der Waals surface area contributed by atoms with E-state index in [9.17, 15) is 13.2 Å². The van der Waals surface area contributed by atoms with Crippen LogP contribution in [0.1, 0.15) is 49.9 Å². The van der Waals surface area contributed by atoms with Gasteiger partial charge >= 0.3 is 6.03 Å². The molecule has 5 rings (SSSR count). The quantitative estimate of drug-likeness (QED) is 0.335. The van der Waals surface area contributed by atoms with Crippen LogP contribution in [0.4, 0.5) is 4.79 Å². The molecule has 226 valence electrons. The monoisotopic (exact) mass is 648 g/mol. The normalized spacial score (nSPS) is 17.3. The number of benzene rings is 2. The largest absolute Gasteiger partial charge is 0.336 e. The number of hydrogen-bond donors (Lipinski definition) is 1. The number of hydrogen-bond acceptors (Lipinski definition) is 5. The van der Waals surface area contributed by atoms with Crippen LogP contribution in [0.5, 0.6) is 0 Å². The molecule has 0 saturated carbocycles. The van der Waals surface area contributed by atoms with Crippen molar-refractivity contribution in [3.8, 4) is 0 Å². The Hall–Kier alpha value is -2.14. The Balaban J connectivity index is 1.27. The number of carbonyl (C=O) groups is 1. The van der Waals surface area contributed by atoms with Gasteiger partial charge in [0, 0.05) is 60.7 Å². The van der Waals surface area contributed by atoms with Gasteiger partial charge in [-0.2, -0.15) is 4.31 Å². The molecule has 1 aromatic heterocycles. The van der Waals surface area contributed by atoms with E-state index in [1.807, 2.05) is 46.8 Å². The lowest BCUT2D eigenvalue weighted by Gasteiger charge is -2.37. The molecule has 2 aromatic carbocycles. The number of rotatable bonds is 6. The summed E-state index contributed by atoms with van der Waals surface area (Å²) in [7, 11) is -3.69. The Morgan fingerprint density at radius 2 is 1.57 bits per heavy atom. The van der Waals surface area contributed by atoms with Crippen molar-refractivity contribution in [1.82, 2.24) is 19.4 Å². The number of carbonyl (C=O) groups excluding carboxylic acids is 1. The van der Waals surface area contributed by atoms with Crippen molar-refractivity contribution in [3.05, 3.63) is 83.5 Å². The second-order valence-corrected chi connectivity index (χ2v) is 15.0. The Labute approximate surface area is 263 Å². The zero-order valence-electron chi connectivity index (χ0n) is 24.8. The number of nitrogens with one attached hydrogen (secondary N) is 1. The third kappa shape index (κ3) is 5.97. The van der Waals surface area contributed by atoms with E-state index in [0.717, 1.165) is 52.9 Å². The van der Waals surface area contributed by atoms with E-state index >= 15 is 0 Å². The van der Waals surface area contributed by atoms with Gasteiger partial charge in [0.05, 0.1) is 10.9 Å². The highest BCUT2D eigenvalue weighted by molar-refractivity contribution is 7.89. The number of halogens is 2. The van der Waals surface area contributed by atoms with E-state index in [1.54, 1.807) is 22.3 Å². The van der Waals surface area contributed by atoms with Crippen LogP contribution in [-0.2, 0) is 23.0 Å². The molecule has 1 atom stereocenters. The van der Waals surface area contributed by atoms with Crippen molar-refractivity contribution in [2.45, 2.75) is 58.5 Å². The first-order valence-electron chi connectivity index (χ1n) is 14.2. The average Bonchev–Trinajstić information content (AvgIpc) is 3.44. The summed E-state index contributed by atoms with van der Waals surface area (Å²) < 4.78 is 29.1. The van der Waals surface area contributed by atoms with Gasteiger partial charge in [-0.3, -0.25) is 4.90 Å². The molecule has 0 spiro atoms. The number of thiophene rings is 1. The summed E-state index contributed by atoms with van der Waals surface area (Å²) >= 11 is 14.6. The summed E-state index contributed by atoms with van der Waals surface area (Å²) in [4.78, 5) is 19.2. The highest BCUT2D eigenvalue weighted by Gasteiger charge is 2.34. The summed E-state index contributed by atoms with van der Waals surface area (Å²) in [5.41, 5.74) is 6.98. The molecule has 2 amide bonds. The third-order valence-corrected chi connectivity index (χ3v) is 12.9. The molecule has 1 saturated heterocycles. The van der Waals surface area contributed by atoms with Gasteiger partial charge in [-0.05, 0) is 104 Å². The third-order valence-electron chi connectivity index (χ3n) is 9.10. The van der Waals surface area contributed by atoms with E-state index < -0.39 is 10.0 Å². The lowest BCUT2D eigenvalue weighted by Crippen LogP contribution is -2.54. The fourth-order valence-electron chi connectivity index (χ4n) is 6.15. The van der Waals surface area contributed by atoms with Gasteiger partial charge in [-0.25, -0.2) is 13.2 Å². The van der Waals surface area contributed by atoms with E-state index in [-0.39, 0.29) is 25.2 Å². The molecule has 3 heterocycles. The van der Waals surface area contributed by atoms with E-state index in [0.29, 0.717) is 34.6 Å². The maximum absolute atomic E-state index is 13.8. The molecule has 11 heteroatoms. The second kappa shape index (κ2) is 12.5. The summed E-state index contributed by atoms with van der Waals surface area (Å²) in [6.45, 7) is 12.9. The van der Waals surface area contributed by atoms with Crippen molar-refractivity contribution in [1.29, 1.82) is 0 Å². The fourth-order valence-corrected chi connectivity index (χ4v) is 9.56. The summed E-state index contributed by atoms with van der Waals surface area (Å²) in [6, 6.07) is 7.34. The van der Waals surface area contributed by atoms with Crippen LogP contribution in [0.25, 0.3) is 0 Å².